The van der Waals surface area contributed by atoms with Crippen LogP contribution in [0.5, 0.6) is 0 Å². The Bertz CT molecular complexity index is 1180. The van der Waals surface area contributed by atoms with Crippen molar-refractivity contribution in [3.8, 4) is 0 Å². The van der Waals surface area contributed by atoms with Gasteiger partial charge in [-0.3, -0.25) is 14.9 Å². The van der Waals surface area contributed by atoms with E-state index in [0.29, 0.717) is 41.9 Å². The lowest BCUT2D eigenvalue weighted by atomic mass is 9.71. The third-order valence-electron chi connectivity index (χ3n) is 6.42. The van der Waals surface area contributed by atoms with Crippen LogP contribution in [0.3, 0.4) is 0 Å². The zero-order valence-corrected chi connectivity index (χ0v) is 19.8. The van der Waals surface area contributed by atoms with E-state index in [-0.39, 0.29) is 30.6 Å². The number of non-ortho nitro benzene ring substituents is 1. The predicted molar refractivity (Wildman–Crippen MR) is 130 cm³/mol. The van der Waals surface area contributed by atoms with Crippen LogP contribution in [0.2, 0.25) is 0 Å². The summed E-state index contributed by atoms with van der Waals surface area (Å²) in [5.74, 6) is -1.23. The Hall–Kier alpha value is -3.78. The summed E-state index contributed by atoms with van der Waals surface area (Å²) in [7, 11) is 0. The van der Waals surface area contributed by atoms with Crippen molar-refractivity contribution in [2.24, 2.45) is 0 Å². The molecular formula is C27H28N2O6. The van der Waals surface area contributed by atoms with E-state index in [9.17, 15) is 19.7 Å². The number of benzene rings is 2. The highest BCUT2D eigenvalue weighted by Crippen LogP contribution is 2.45. The second-order valence-electron chi connectivity index (χ2n) is 8.61. The molecule has 8 nitrogen and oxygen atoms in total. The van der Waals surface area contributed by atoms with Gasteiger partial charge in [0.25, 0.3) is 5.69 Å². The largest absolute Gasteiger partial charge is 0.460 e. The lowest BCUT2D eigenvalue weighted by molar-refractivity contribution is -0.384. The molecule has 2 atom stereocenters. The summed E-state index contributed by atoms with van der Waals surface area (Å²) in [6.45, 7) is 4.52. The SMILES string of the molecule is CCOCCOC(=O)C1=C(C)NC2=C(C(=O)CC(c3ccccc3)C2)C1c1ccc([N+](=O)[O-])cc1. The number of nitro groups is 1. The summed E-state index contributed by atoms with van der Waals surface area (Å²) in [6.07, 6.45) is 0.943. The van der Waals surface area contributed by atoms with E-state index in [1.165, 1.54) is 12.1 Å². The first-order valence-corrected chi connectivity index (χ1v) is 11.7. The number of hydrogen-bond acceptors (Lipinski definition) is 7. The van der Waals surface area contributed by atoms with Crippen LogP contribution >= 0.6 is 0 Å². The van der Waals surface area contributed by atoms with E-state index in [1.54, 1.807) is 19.1 Å². The van der Waals surface area contributed by atoms with Gasteiger partial charge in [0.05, 0.1) is 17.1 Å². The molecule has 1 heterocycles. The van der Waals surface area contributed by atoms with Gasteiger partial charge < -0.3 is 14.8 Å². The average Bonchev–Trinajstić information content (AvgIpc) is 2.86. The summed E-state index contributed by atoms with van der Waals surface area (Å²) >= 11 is 0. The quantitative estimate of drug-likeness (QED) is 0.258. The molecule has 2 aliphatic rings. The summed E-state index contributed by atoms with van der Waals surface area (Å²) in [5, 5.41) is 14.5. The standard InChI is InChI=1S/C27H28N2O6/c1-3-34-13-14-35-27(31)24-17(2)28-22-15-20(18-7-5-4-6-8-18)16-23(30)26(22)25(24)19-9-11-21(12-10-19)29(32)33/h4-12,20,25,28H,3,13-16H2,1-2H3. The Morgan fingerprint density at radius 1 is 1.06 bits per heavy atom. The van der Waals surface area contributed by atoms with Gasteiger partial charge in [-0.25, -0.2) is 4.79 Å². The van der Waals surface area contributed by atoms with E-state index in [2.05, 4.69) is 5.32 Å². The van der Waals surface area contributed by atoms with Crippen molar-refractivity contribution in [1.82, 2.24) is 5.32 Å². The van der Waals surface area contributed by atoms with Crippen molar-refractivity contribution >= 4 is 17.4 Å². The first-order chi connectivity index (χ1) is 16.9. The van der Waals surface area contributed by atoms with Gasteiger partial charge in [0.15, 0.2) is 5.78 Å². The number of allylic oxidation sites excluding steroid dienone is 3. The first-order valence-electron chi connectivity index (χ1n) is 11.7. The number of nitro benzene ring substituents is 1. The highest BCUT2D eigenvalue weighted by molar-refractivity contribution is 6.04. The van der Waals surface area contributed by atoms with Crippen LogP contribution in [-0.2, 0) is 19.1 Å². The van der Waals surface area contributed by atoms with Gasteiger partial charge in [0, 0.05) is 48.0 Å². The molecule has 0 bridgehead atoms. The zero-order valence-electron chi connectivity index (χ0n) is 19.8. The van der Waals surface area contributed by atoms with Gasteiger partial charge in [-0.15, -0.1) is 0 Å². The number of carbonyl (C=O) groups excluding carboxylic acids is 2. The molecule has 2 unspecified atom stereocenters. The van der Waals surface area contributed by atoms with E-state index in [4.69, 9.17) is 9.47 Å². The molecule has 182 valence electrons. The molecule has 0 fully saturated rings. The van der Waals surface area contributed by atoms with Gasteiger partial charge in [0.1, 0.15) is 6.61 Å². The minimum atomic E-state index is -0.670. The number of Topliss-reactive ketones (excluding diaryl/α,β-unsaturated/α-hetero) is 1. The molecule has 0 saturated heterocycles. The molecule has 2 aromatic carbocycles. The summed E-state index contributed by atoms with van der Waals surface area (Å²) in [5.41, 5.74) is 3.90. The van der Waals surface area contributed by atoms with Crippen molar-refractivity contribution in [1.29, 1.82) is 0 Å². The normalized spacial score (nSPS) is 19.8. The molecule has 4 rings (SSSR count). The predicted octanol–water partition coefficient (Wildman–Crippen LogP) is 4.54. The average molecular weight is 477 g/mol. The first kappa shape index (κ1) is 24.3. The number of dihydropyridines is 1. The van der Waals surface area contributed by atoms with Crippen molar-refractivity contribution in [3.63, 3.8) is 0 Å². The number of carbonyl (C=O) groups is 2. The Morgan fingerprint density at radius 2 is 1.77 bits per heavy atom. The number of ketones is 1. The van der Waals surface area contributed by atoms with E-state index < -0.39 is 16.8 Å². The van der Waals surface area contributed by atoms with Crippen molar-refractivity contribution in [2.45, 2.75) is 38.5 Å². The third-order valence-corrected chi connectivity index (χ3v) is 6.42. The maximum absolute atomic E-state index is 13.5. The molecule has 1 N–H and O–H groups in total. The van der Waals surface area contributed by atoms with Gasteiger partial charge in [-0.05, 0) is 37.3 Å². The van der Waals surface area contributed by atoms with Crippen LogP contribution < -0.4 is 5.32 Å². The minimum absolute atomic E-state index is 0.0277. The van der Waals surface area contributed by atoms with Gasteiger partial charge in [-0.1, -0.05) is 42.5 Å². The Kier molecular flexibility index (Phi) is 7.41. The molecule has 35 heavy (non-hydrogen) atoms. The molecule has 0 saturated carbocycles. The number of ether oxygens (including phenoxy) is 2. The molecule has 0 spiro atoms. The molecule has 1 aliphatic carbocycles. The molecule has 1 aliphatic heterocycles. The molecule has 0 amide bonds. The topological polar surface area (TPSA) is 108 Å². The van der Waals surface area contributed by atoms with Crippen LogP contribution in [0.25, 0.3) is 0 Å². The number of nitrogens with zero attached hydrogens (tertiary/aromatic N) is 1. The maximum Gasteiger partial charge on any atom is 0.336 e. The van der Waals surface area contributed by atoms with Crippen LogP contribution in [-0.4, -0.2) is 36.5 Å². The number of rotatable bonds is 8. The molecular weight excluding hydrogens is 448 g/mol. The fourth-order valence-electron chi connectivity index (χ4n) is 4.81. The Labute approximate surface area is 203 Å². The lowest BCUT2D eigenvalue weighted by Crippen LogP contribution is -2.36. The Morgan fingerprint density at radius 3 is 2.43 bits per heavy atom. The molecule has 8 heteroatoms. The smallest absolute Gasteiger partial charge is 0.336 e. The van der Waals surface area contributed by atoms with Crippen molar-refractivity contribution < 1.29 is 24.0 Å². The second-order valence-corrected chi connectivity index (χ2v) is 8.61. The lowest BCUT2D eigenvalue weighted by Gasteiger charge is -2.36. The van der Waals surface area contributed by atoms with Gasteiger partial charge in [0.2, 0.25) is 0 Å². The highest BCUT2D eigenvalue weighted by Gasteiger charge is 2.41. The fourth-order valence-corrected chi connectivity index (χ4v) is 4.81. The molecule has 0 aromatic heterocycles. The molecule has 0 radical (unpaired) electrons. The maximum atomic E-state index is 13.5. The summed E-state index contributed by atoms with van der Waals surface area (Å²) in [4.78, 5) is 37.4. The third kappa shape index (κ3) is 5.17. The van der Waals surface area contributed by atoms with E-state index in [0.717, 1.165) is 11.3 Å². The zero-order chi connectivity index (χ0) is 24.9. The summed E-state index contributed by atoms with van der Waals surface area (Å²) in [6, 6.07) is 15.9. The van der Waals surface area contributed by atoms with Crippen molar-refractivity contribution in [3.05, 3.63) is 98.4 Å². The van der Waals surface area contributed by atoms with Crippen LogP contribution in [0.1, 0.15) is 49.7 Å². The minimum Gasteiger partial charge on any atom is -0.460 e. The highest BCUT2D eigenvalue weighted by atomic mass is 16.6. The molecule has 2 aromatic rings. The fraction of sp³-hybridized carbons (Fsp3) is 0.333. The van der Waals surface area contributed by atoms with E-state index in [1.807, 2.05) is 37.3 Å². The van der Waals surface area contributed by atoms with Crippen molar-refractivity contribution in [2.75, 3.05) is 19.8 Å². The van der Waals surface area contributed by atoms with Gasteiger partial charge in [-0.2, -0.15) is 0 Å². The summed E-state index contributed by atoms with van der Waals surface area (Å²) < 4.78 is 10.7. The number of hydrogen-bond donors (Lipinski definition) is 1. The van der Waals surface area contributed by atoms with Crippen LogP contribution in [0, 0.1) is 10.1 Å². The Balaban J connectivity index is 1.72. The van der Waals surface area contributed by atoms with E-state index >= 15 is 0 Å². The van der Waals surface area contributed by atoms with Gasteiger partial charge >= 0.3 is 5.97 Å². The second kappa shape index (κ2) is 10.7. The van der Waals surface area contributed by atoms with Crippen LogP contribution in [0.15, 0.2) is 77.1 Å². The van der Waals surface area contributed by atoms with Crippen LogP contribution in [0.4, 0.5) is 5.69 Å². The monoisotopic (exact) mass is 476 g/mol. The number of esters is 1. The number of nitrogens with one attached hydrogen (secondary N) is 1.